The Kier molecular flexibility index (Phi) is 7.24. The highest BCUT2D eigenvalue weighted by atomic mass is 14.9. The average molecular weight is 296 g/mol. The standard InChI is InChI=1S/C18H35N.C2H6/c1-6-11-17(4)12-19-13-18(5,14(2)3)16-9-7-15(17)8-10-16;1-2/h14-16,19H,6-13H2,1-5H3;1-2H3. The van der Waals surface area contributed by atoms with Crippen LogP contribution in [0.1, 0.15) is 87.0 Å². The molecule has 0 spiro atoms. The summed E-state index contributed by atoms with van der Waals surface area (Å²) in [7, 11) is 0. The van der Waals surface area contributed by atoms with Crippen LogP contribution >= 0.6 is 0 Å². The second-order valence-electron chi connectivity index (χ2n) is 8.22. The quantitative estimate of drug-likeness (QED) is 0.684. The maximum atomic E-state index is 3.88. The highest BCUT2D eigenvalue weighted by Crippen LogP contribution is 2.50. The van der Waals surface area contributed by atoms with E-state index in [0.717, 1.165) is 17.8 Å². The Morgan fingerprint density at radius 3 is 1.95 bits per heavy atom. The Hall–Kier alpha value is -0.0400. The molecule has 0 amide bonds. The van der Waals surface area contributed by atoms with E-state index in [1.807, 2.05) is 13.8 Å². The molecule has 2 atom stereocenters. The highest BCUT2D eigenvalue weighted by Gasteiger charge is 2.44. The van der Waals surface area contributed by atoms with E-state index in [2.05, 4.69) is 39.9 Å². The van der Waals surface area contributed by atoms with Gasteiger partial charge in [-0.3, -0.25) is 0 Å². The number of hydrogen-bond acceptors (Lipinski definition) is 1. The van der Waals surface area contributed by atoms with Crippen molar-refractivity contribution >= 4 is 0 Å². The van der Waals surface area contributed by atoms with Crippen LogP contribution in [0.5, 0.6) is 0 Å². The van der Waals surface area contributed by atoms with Crippen LogP contribution in [-0.2, 0) is 0 Å². The average Bonchev–Trinajstić information content (AvgIpc) is 2.56. The van der Waals surface area contributed by atoms with Gasteiger partial charge in [-0.05, 0) is 60.7 Å². The monoisotopic (exact) mass is 295 g/mol. The van der Waals surface area contributed by atoms with Crippen LogP contribution in [0.25, 0.3) is 0 Å². The Morgan fingerprint density at radius 2 is 1.48 bits per heavy atom. The summed E-state index contributed by atoms with van der Waals surface area (Å²) in [4.78, 5) is 0. The molecule has 1 saturated carbocycles. The molecule has 2 saturated heterocycles. The number of nitrogens with one attached hydrogen (secondary N) is 1. The molecule has 0 aromatic carbocycles. The van der Waals surface area contributed by atoms with Crippen molar-refractivity contribution in [2.45, 2.75) is 87.0 Å². The molecule has 0 aromatic rings. The van der Waals surface area contributed by atoms with Gasteiger partial charge in [-0.25, -0.2) is 0 Å². The third-order valence-corrected chi connectivity index (χ3v) is 6.82. The summed E-state index contributed by atoms with van der Waals surface area (Å²) in [6, 6.07) is 0. The van der Waals surface area contributed by atoms with Crippen molar-refractivity contribution in [3.8, 4) is 0 Å². The van der Waals surface area contributed by atoms with E-state index in [0.29, 0.717) is 10.8 Å². The van der Waals surface area contributed by atoms with Gasteiger partial charge in [0.05, 0.1) is 0 Å². The predicted octanol–water partition coefficient (Wildman–Crippen LogP) is 5.89. The molecule has 3 aliphatic rings. The molecule has 2 heterocycles. The summed E-state index contributed by atoms with van der Waals surface area (Å²) in [6.07, 6.45) is 8.63. The highest BCUT2D eigenvalue weighted by molar-refractivity contribution is 4.96. The first-order valence-electron chi connectivity index (χ1n) is 9.63. The molecular formula is C20H41N. The summed E-state index contributed by atoms with van der Waals surface area (Å²) in [6.45, 7) is 18.8. The van der Waals surface area contributed by atoms with Crippen molar-refractivity contribution in [2.75, 3.05) is 13.1 Å². The van der Waals surface area contributed by atoms with Gasteiger partial charge < -0.3 is 5.32 Å². The molecule has 126 valence electrons. The molecule has 0 radical (unpaired) electrons. The van der Waals surface area contributed by atoms with Gasteiger partial charge in [0.2, 0.25) is 0 Å². The van der Waals surface area contributed by atoms with Crippen LogP contribution in [-0.4, -0.2) is 13.1 Å². The molecule has 1 aliphatic carbocycles. The molecule has 21 heavy (non-hydrogen) atoms. The van der Waals surface area contributed by atoms with Gasteiger partial charge in [-0.15, -0.1) is 0 Å². The van der Waals surface area contributed by atoms with Crippen molar-refractivity contribution in [1.82, 2.24) is 5.32 Å². The fourth-order valence-electron chi connectivity index (χ4n) is 4.90. The van der Waals surface area contributed by atoms with E-state index in [1.54, 1.807) is 0 Å². The predicted molar refractivity (Wildman–Crippen MR) is 95.6 cm³/mol. The van der Waals surface area contributed by atoms with Crippen molar-refractivity contribution in [1.29, 1.82) is 0 Å². The largest absolute Gasteiger partial charge is 0.316 e. The van der Waals surface area contributed by atoms with Gasteiger partial charge in [0.15, 0.2) is 0 Å². The lowest BCUT2D eigenvalue weighted by molar-refractivity contribution is 0.0575. The molecule has 2 unspecified atom stereocenters. The zero-order valence-corrected chi connectivity index (χ0v) is 15.9. The van der Waals surface area contributed by atoms with Crippen LogP contribution < -0.4 is 5.32 Å². The molecule has 3 rings (SSSR count). The SMILES string of the molecule is CC.CCCC1(C)CNCC(C)(C(C)C)C2CCC1CC2. The van der Waals surface area contributed by atoms with Gasteiger partial charge in [0, 0.05) is 13.1 Å². The van der Waals surface area contributed by atoms with E-state index in [9.17, 15) is 0 Å². The lowest BCUT2D eigenvalue weighted by Crippen LogP contribution is -2.43. The molecule has 1 N–H and O–H groups in total. The topological polar surface area (TPSA) is 12.0 Å². The first-order chi connectivity index (χ1) is 9.92. The summed E-state index contributed by atoms with van der Waals surface area (Å²) in [5.41, 5.74) is 1.05. The van der Waals surface area contributed by atoms with E-state index >= 15 is 0 Å². The Bertz CT molecular complexity index is 290. The van der Waals surface area contributed by atoms with Gasteiger partial charge >= 0.3 is 0 Å². The summed E-state index contributed by atoms with van der Waals surface area (Å²) in [5, 5.41) is 3.88. The van der Waals surface area contributed by atoms with Crippen molar-refractivity contribution in [2.24, 2.45) is 28.6 Å². The Morgan fingerprint density at radius 1 is 0.952 bits per heavy atom. The van der Waals surface area contributed by atoms with Gasteiger partial charge in [0.1, 0.15) is 0 Å². The van der Waals surface area contributed by atoms with E-state index in [-0.39, 0.29) is 0 Å². The van der Waals surface area contributed by atoms with Crippen LogP contribution in [0, 0.1) is 28.6 Å². The van der Waals surface area contributed by atoms with Crippen LogP contribution in [0.3, 0.4) is 0 Å². The zero-order valence-electron chi connectivity index (χ0n) is 15.9. The molecule has 1 nitrogen and oxygen atoms in total. The molecule has 2 bridgehead atoms. The van der Waals surface area contributed by atoms with Gasteiger partial charge in [0.25, 0.3) is 0 Å². The first-order valence-corrected chi connectivity index (χ1v) is 9.63. The third kappa shape index (κ3) is 4.03. The smallest absolute Gasteiger partial charge is 0.00105 e. The van der Waals surface area contributed by atoms with Gasteiger partial charge in [-0.2, -0.15) is 0 Å². The first kappa shape index (κ1) is 19.0. The van der Waals surface area contributed by atoms with E-state index < -0.39 is 0 Å². The maximum Gasteiger partial charge on any atom is 0.00105 e. The normalized spacial score (nSPS) is 40.0. The Labute approximate surface area is 134 Å². The van der Waals surface area contributed by atoms with Gasteiger partial charge in [-0.1, -0.05) is 54.9 Å². The number of hydrogen-bond donors (Lipinski definition) is 1. The number of fused-ring (bicyclic) bond motifs is 6. The van der Waals surface area contributed by atoms with Crippen LogP contribution in [0.15, 0.2) is 0 Å². The lowest BCUT2D eigenvalue weighted by atomic mass is 9.60. The van der Waals surface area contributed by atoms with Crippen molar-refractivity contribution < 1.29 is 0 Å². The summed E-state index contributed by atoms with van der Waals surface area (Å²) < 4.78 is 0. The number of rotatable bonds is 3. The third-order valence-electron chi connectivity index (χ3n) is 6.82. The second-order valence-corrected chi connectivity index (χ2v) is 8.22. The van der Waals surface area contributed by atoms with Crippen molar-refractivity contribution in [3.63, 3.8) is 0 Å². The zero-order chi connectivity index (χ0) is 16.1. The fraction of sp³-hybridized carbons (Fsp3) is 1.00. The van der Waals surface area contributed by atoms with Crippen LogP contribution in [0.4, 0.5) is 0 Å². The maximum absolute atomic E-state index is 3.88. The molecule has 2 aliphatic heterocycles. The van der Waals surface area contributed by atoms with Crippen molar-refractivity contribution in [3.05, 3.63) is 0 Å². The fourth-order valence-corrected chi connectivity index (χ4v) is 4.90. The molecule has 3 fully saturated rings. The minimum atomic E-state index is 0.502. The minimum Gasteiger partial charge on any atom is -0.316 e. The lowest BCUT2D eigenvalue weighted by Gasteiger charge is -2.45. The molecule has 0 aromatic heterocycles. The van der Waals surface area contributed by atoms with E-state index in [1.165, 1.54) is 51.6 Å². The minimum absolute atomic E-state index is 0.502. The molecular weight excluding hydrogens is 254 g/mol. The second kappa shape index (κ2) is 7.99. The summed E-state index contributed by atoms with van der Waals surface area (Å²) >= 11 is 0. The van der Waals surface area contributed by atoms with E-state index in [4.69, 9.17) is 0 Å². The summed E-state index contributed by atoms with van der Waals surface area (Å²) in [5.74, 6) is 2.70. The molecule has 1 heteroatoms. The Balaban J connectivity index is 0.00000106. The van der Waals surface area contributed by atoms with Crippen LogP contribution in [0.2, 0.25) is 0 Å².